The average Bonchev–Trinajstić information content (AvgIpc) is 2.77. The van der Waals surface area contributed by atoms with Gasteiger partial charge in [0.15, 0.2) is 5.76 Å². The van der Waals surface area contributed by atoms with E-state index in [1.54, 1.807) is 24.3 Å². The van der Waals surface area contributed by atoms with Crippen molar-refractivity contribution in [1.29, 1.82) is 0 Å². The zero-order valence-electron chi connectivity index (χ0n) is 8.59. The number of hydrogen-bond acceptors (Lipinski definition) is 4. The number of carboxylic acids is 1. The zero-order valence-corrected chi connectivity index (χ0v) is 9.35. The first kappa shape index (κ1) is 11.5. The van der Waals surface area contributed by atoms with E-state index < -0.39 is 5.97 Å². The standard InChI is InChI=1S/C11H8ClNO4/c12-7-1-3-8(4-2-7)16-6-9-5-13-10(17-9)11(14)15/h1-5H,6H2,(H,14,15). The second kappa shape index (κ2) is 4.88. The van der Waals surface area contributed by atoms with Gasteiger partial charge in [-0.15, -0.1) is 0 Å². The summed E-state index contributed by atoms with van der Waals surface area (Å²) in [5.74, 6) is -0.595. The molecule has 0 aliphatic rings. The van der Waals surface area contributed by atoms with Gasteiger partial charge in [-0.1, -0.05) is 11.6 Å². The Morgan fingerprint density at radius 3 is 2.71 bits per heavy atom. The molecule has 0 bridgehead atoms. The number of rotatable bonds is 4. The first-order valence-corrected chi connectivity index (χ1v) is 5.09. The van der Waals surface area contributed by atoms with Gasteiger partial charge in [0.25, 0.3) is 0 Å². The second-order valence-corrected chi connectivity index (χ2v) is 3.62. The molecule has 1 aromatic carbocycles. The summed E-state index contributed by atoms with van der Waals surface area (Å²) in [6.45, 7) is 0.113. The van der Waals surface area contributed by atoms with Crippen LogP contribution in [0.5, 0.6) is 5.75 Å². The summed E-state index contributed by atoms with van der Waals surface area (Å²) in [6.07, 6.45) is 1.32. The molecule has 2 aromatic rings. The van der Waals surface area contributed by atoms with Crippen LogP contribution < -0.4 is 4.74 Å². The summed E-state index contributed by atoms with van der Waals surface area (Å²) in [7, 11) is 0. The number of carboxylic acid groups (broad SMARTS) is 1. The summed E-state index contributed by atoms with van der Waals surface area (Å²) < 4.78 is 10.3. The highest BCUT2D eigenvalue weighted by molar-refractivity contribution is 6.30. The molecular formula is C11H8ClNO4. The molecule has 0 radical (unpaired) electrons. The Bertz CT molecular complexity index is 521. The Kier molecular flexibility index (Phi) is 3.30. The summed E-state index contributed by atoms with van der Waals surface area (Å²) >= 11 is 5.72. The first-order valence-electron chi connectivity index (χ1n) is 4.71. The Morgan fingerprint density at radius 2 is 2.12 bits per heavy atom. The van der Waals surface area contributed by atoms with Crippen molar-refractivity contribution in [3.63, 3.8) is 0 Å². The fraction of sp³-hybridized carbons (Fsp3) is 0.0909. The lowest BCUT2D eigenvalue weighted by atomic mass is 10.3. The molecule has 1 heterocycles. The minimum Gasteiger partial charge on any atom is -0.486 e. The summed E-state index contributed by atoms with van der Waals surface area (Å²) in [5.41, 5.74) is 0. The average molecular weight is 254 g/mol. The number of aromatic nitrogens is 1. The number of ether oxygens (including phenoxy) is 1. The molecule has 0 saturated heterocycles. The van der Waals surface area contributed by atoms with Crippen LogP contribution >= 0.6 is 11.6 Å². The topological polar surface area (TPSA) is 72.6 Å². The van der Waals surface area contributed by atoms with Crippen molar-refractivity contribution in [2.45, 2.75) is 6.61 Å². The van der Waals surface area contributed by atoms with Gasteiger partial charge in [0, 0.05) is 5.02 Å². The van der Waals surface area contributed by atoms with Crippen LogP contribution in [-0.2, 0) is 6.61 Å². The number of nitrogens with zero attached hydrogens (tertiary/aromatic N) is 1. The van der Waals surface area contributed by atoms with E-state index in [9.17, 15) is 4.79 Å². The first-order chi connectivity index (χ1) is 8.15. The minimum absolute atomic E-state index is 0.113. The lowest BCUT2D eigenvalue weighted by Crippen LogP contribution is -1.95. The van der Waals surface area contributed by atoms with E-state index in [0.717, 1.165) is 0 Å². The molecule has 1 N–H and O–H groups in total. The molecule has 0 aliphatic carbocycles. The van der Waals surface area contributed by atoms with Crippen LogP contribution in [0.4, 0.5) is 0 Å². The number of carbonyl (C=O) groups is 1. The van der Waals surface area contributed by atoms with Crippen molar-refractivity contribution in [2.24, 2.45) is 0 Å². The molecule has 0 spiro atoms. The van der Waals surface area contributed by atoms with Crippen molar-refractivity contribution < 1.29 is 19.1 Å². The van der Waals surface area contributed by atoms with Crippen LogP contribution in [0.1, 0.15) is 16.4 Å². The number of hydrogen-bond donors (Lipinski definition) is 1. The Balaban J connectivity index is 1.97. The minimum atomic E-state index is -1.21. The van der Waals surface area contributed by atoms with E-state index in [-0.39, 0.29) is 12.5 Å². The van der Waals surface area contributed by atoms with Gasteiger partial charge in [0.2, 0.25) is 0 Å². The van der Waals surface area contributed by atoms with Gasteiger partial charge < -0.3 is 14.3 Å². The third-order valence-corrected chi connectivity index (χ3v) is 2.18. The van der Waals surface area contributed by atoms with Gasteiger partial charge in [-0.05, 0) is 24.3 Å². The maximum Gasteiger partial charge on any atom is 0.392 e. The van der Waals surface area contributed by atoms with Crippen LogP contribution in [0.2, 0.25) is 5.02 Å². The zero-order chi connectivity index (χ0) is 12.3. The number of aromatic carboxylic acids is 1. The van der Waals surface area contributed by atoms with Gasteiger partial charge in [-0.25, -0.2) is 9.78 Å². The van der Waals surface area contributed by atoms with Crippen molar-refractivity contribution in [3.8, 4) is 5.75 Å². The molecule has 1 aromatic heterocycles. The van der Waals surface area contributed by atoms with Crippen molar-refractivity contribution >= 4 is 17.6 Å². The van der Waals surface area contributed by atoms with Crippen molar-refractivity contribution in [2.75, 3.05) is 0 Å². The molecule has 0 aliphatic heterocycles. The van der Waals surface area contributed by atoms with Crippen LogP contribution in [0.3, 0.4) is 0 Å². The fourth-order valence-electron chi connectivity index (χ4n) is 1.16. The van der Waals surface area contributed by atoms with Crippen molar-refractivity contribution in [1.82, 2.24) is 4.98 Å². The highest BCUT2D eigenvalue weighted by Crippen LogP contribution is 2.17. The highest BCUT2D eigenvalue weighted by Gasteiger charge is 2.11. The molecule has 5 nitrogen and oxygen atoms in total. The quantitative estimate of drug-likeness (QED) is 0.907. The van der Waals surface area contributed by atoms with Gasteiger partial charge in [-0.3, -0.25) is 0 Å². The fourth-order valence-corrected chi connectivity index (χ4v) is 1.28. The molecule has 0 amide bonds. The number of oxazole rings is 1. The van der Waals surface area contributed by atoms with E-state index in [1.807, 2.05) is 0 Å². The monoisotopic (exact) mass is 253 g/mol. The molecule has 0 saturated carbocycles. The molecule has 0 fully saturated rings. The lowest BCUT2D eigenvalue weighted by molar-refractivity contribution is 0.0649. The molecule has 88 valence electrons. The van der Waals surface area contributed by atoms with Crippen LogP contribution in [-0.4, -0.2) is 16.1 Å². The van der Waals surface area contributed by atoms with E-state index in [4.69, 9.17) is 25.9 Å². The molecular weight excluding hydrogens is 246 g/mol. The maximum absolute atomic E-state index is 10.5. The predicted molar refractivity (Wildman–Crippen MR) is 59.2 cm³/mol. The molecule has 17 heavy (non-hydrogen) atoms. The normalized spacial score (nSPS) is 10.2. The summed E-state index contributed by atoms with van der Waals surface area (Å²) in [5, 5.41) is 9.22. The third-order valence-electron chi connectivity index (χ3n) is 1.93. The molecule has 0 atom stereocenters. The molecule has 0 unspecified atom stereocenters. The predicted octanol–water partition coefficient (Wildman–Crippen LogP) is 2.61. The Labute approximate surface area is 102 Å². The summed E-state index contributed by atoms with van der Waals surface area (Å²) in [4.78, 5) is 14.1. The van der Waals surface area contributed by atoms with Gasteiger partial charge in [0.05, 0.1) is 6.20 Å². The highest BCUT2D eigenvalue weighted by atomic mass is 35.5. The maximum atomic E-state index is 10.5. The smallest absolute Gasteiger partial charge is 0.392 e. The Morgan fingerprint density at radius 1 is 1.41 bits per heavy atom. The number of benzene rings is 1. The van der Waals surface area contributed by atoms with Gasteiger partial charge >= 0.3 is 11.9 Å². The van der Waals surface area contributed by atoms with Crippen LogP contribution in [0.25, 0.3) is 0 Å². The second-order valence-electron chi connectivity index (χ2n) is 3.18. The van der Waals surface area contributed by atoms with Gasteiger partial charge in [-0.2, -0.15) is 0 Å². The van der Waals surface area contributed by atoms with Gasteiger partial charge in [0.1, 0.15) is 12.4 Å². The molecule has 2 rings (SSSR count). The number of halogens is 1. The third kappa shape index (κ3) is 2.98. The molecule has 6 heteroatoms. The van der Waals surface area contributed by atoms with E-state index in [0.29, 0.717) is 16.5 Å². The van der Waals surface area contributed by atoms with Crippen LogP contribution in [0, 0.1) is 0 Å². The summed E-state index contributed by atoms with van der Waals surface area (Å²) in [6, 6.07) is 6.80. The largest absolute Gasteiger partial charge is 0.486 e. The Hall–Kier alpha value is -2.01. The van der Waals surface area contributed by atoms with E-state index in [1.165, 1.54) is 6.20 Å². The SMILES string of the molecule is O=C(O)c1ncc(COc2ccc(Cl)cc2)o1. The van der Waals surface area contributed by atoms with E-state index >= 15 is 0 Å². The van der Waals surface area contributed by atoms with E-state index in [2.05, 4.69) is 4.98 Å². The van der Waals surface area contributed by atoms with Crippen LogP contribution in [0.15, 0.2) is 34.9 Å². The lowest BCUT2D eigenvalue weighted by Gasteiger charge is -2.02. The van der Waals surface area contributed by atoms with Crippen molar-refractivity contribution in [3.05, 3.63) is 47.1 Å².